The van der Waals surface area contributed by atoms with Crippen molar-refractivity contribution >= 4 is 34.8 Å². The maximum atomic E-state index is 13.0. The molecule has 1 aliphatic rings. The molecule has 0 atom stereocenters. The third-order valence-corrected chi connectivity index (χ3v) is 4.05. The Kier molecular flexibility index (Phi) is 3.73. The van der Waals surface area contributed by atoms with Gasteiger partial charge < -0.3 is 4.74 Å². The number of hydrogen-bond acceptors (Lipinski definition) is 4. The Morgan fingerprint density at radius 1 is 1.15 bits per heavy atom. The highest BCUT2D eigenvalue weighted by Crippen LogP contribution is 2.24. The Morgan fingerprint density at radius 3 is 2.62 bits per heavy atom. The number of carbonyl (C=O) groups is 2. The van der Waals surface area contributed by atoms with Gasteiger partial charge in [-0.3, -0.25) is 9.36 Å². The van der Waals surface area contributed by atoms with Crippen molar-refractivity contribution in [1.29, 1.82) is 0 Å². The molecular formula is C20H13FN2O3. The zero-order valence-corrected chi connectivity index (χ0v) is 13.8. The summed E-state index contributed by atoms with van der Waals surface area (Å²) in [6.45, 7) is 1.45. The predicted molar refractivity (Wildman–Crippen MR) is 95.2 cm³/mol. The van der Waals surface area contributed by atoms with Crippen molar-refractivity contribution in [2.45, 2.75) is 6.92 Å². The Bertz CT molecular complexity index is 1110. The first-order valence-corrected chi connectivity index (χ1v) is 7.93. The van der Waals surface area contributed by atoms with Crippen molar-refractivity contribution in [2.24, 2.45) is 4.99 Å². The Hall–Kier alpha value is -3.54. The van der Waals surface area contributed by atoms with Gasteiger partial charge >= 0.3 is 5.97 Å². The van der Waals surface area contributed by atoms with E-state index >= 15 is 0 Å². The minimum absolute atomic E-state index is 0.0784. The molecule has 0 bridgehead atoms. The molecule has 1 aromatic heterocycles. The van der Waals surface area contributed by atoms with Gasteiger partial charge in [0.05, 0.1) is 11.2 Å². The van der Waals surface area contributed by atoms with Crippen LogP contribution < -0.4 is 0 Å². The maximum Gasteiger partial charge on any atom is 0.363 e. The highest BCUT2D eigenvalue weighted by Gasteiger charge is 2.25. The second kappa shape index (κ2) is 6.07. The van der Waals surface area contributed by atoms with Crippen LogP contribution in [0.5, 0.6) is 0 Å². The number of esters is 1. The lowest BCUT2D eigenvalue weighted by molar-refractivity contribution is -0.129. The van der Waals surface area contributed by atoms with Crippen molar-refractivity contribution < 1.29 is 18.7 Å². The zero-order valence-electron chi connectivity index (χ0n) is 13.8. The first kappa shape index (κ1) is 16.0. The first-order valence-electron chi connectivity index (χ1n) is 7.93. The van der Waals surface area contributed by atoms with Crippen molar-refractivity contribution in [3.63, 3.8) is 0 Å². The fraction of sp³-hybridized carbons (Fsp3) is 0.0500. The van der Waals surface area contributed by atoms with Crippen LogP contribution in [0.15, 0.2) is 65.3 Å². The molecule has 0 amide bonds. The molecule has 0 N–H and O–H groups in total. The molecule has 4 rings (SSSR count). The average Bonchev–Trinajstić information content (AvgIpc) is 3.16. The van der Waals surface area contributed by atoms with Gasteiger partial charge in [-0.25, -0.2) is 14.2 Å². The molecule has 0 saturated heterocycles. The molecule has 6 heteroatoms. The lowest BCUT2D eigenvalue weighted by Crippen LogP contribution is -2.08. The average molecular weight is 348 g/mol. The van der Waals surface area contributed by atoms with Crippen molar-refractivity contribution in [3.8, 4) is 0 Å². The molecule has 3 aromatic rings. The van der Waals surface area contributed by atoms with Crippen molar-refractivity contribution in [1.82, 2.24) is 4.57 Å². The molecule has 2 aromatic carbocycles. The topological polar surface area (TPSA) is 60.7 Å². The number of nitrogens with zero attached hydrogens (tertiary/aromatic N) is 2. The van der Waals surface area contributed by atoms with E-state index in [4.69, 9.17) is 4.74 Å². The van der Waals surface area contributed by atoms with Crippen LogP contribution in [0.1, 0.15) is 23.0 Å². The maximum absolute atomic E-state index is 13.0. The number of benzene rings is 2. The van der Waals surface area contributed by atoms with Gasteiger partial charge in [0.1, 0.15) is 5.82 Å². The lowest BCUT2D eigenvalue weighted by atomic mass is 10.2. The standard InChI is InChI=1S/C20H13FN2O3/c1-12(24)23-16(10-14-4-2-3-5-18(14)23)11-17-20(25)26-19(22-17)13-6-8-15(21)9-7-13/h2-11H,1H3. The summed E-state index contributed by atoms with van der Waals surface area (Å²) in [6.07, 6.45) is 1.51. The summed E-state index contributed by atoms with van der Waals surface area (Å²) in [5, 5.41) is 0.878. The number of aromatic nitrogens is 1. The van der Waals surface area contributed by atoms with Crippen LogP contribution in [-0.4, -0.2) is 22.3 Å². The Labute approximate surface area is 148 Å². The molecule has 128 valence electrons. The van der Waals surface area contributed by atoms with Gasteiger partial charge in [0, 0.05) is 17.9 Å². The normalized spacial score (nSPS) is 15.4. The van der Waals surface area contributed by atoms with Crippen LogP contribution in [0.4, 0.5) is 4.39 Å². The summed E-state index contributed by atoms with van der Waals surface area (Å²) >= 11 is 0. The van der Waals surface area contributed by atoms with E-state index in [2.05, 4.69) is 4.99 Å². The number of halogens is 1. The molecule has 0 spiro atoms. The van der Waals surface area contributed by atoms with E-state index in [0.717, 1.165) is 10.9 Å². The number of fused-ring (bicyclic) bond motifs is 1. The number of aliphatic imine (C=N–C) groups is 1. The molecule has 5 nitrogen and oxygen atoms in total. The number of carbonyl (C=O) groups excluding carboxylic acids is 2. The summed E-state index contributed by atoms with van der Waals surface area (Å²) in [6, 6.07) is 14.7. The first-order chi connectivity index (χ1) is 12.5. The summed E-state index contributed by atoms with van der Waals surface area (Å²) < 4.78 is 19.7. The summed E-state index contributed by atoms with van der Waals surface area (Å²) in [5.41, 5.74) is 1.86. The van der Waals surface area contributed by atoms with Crippen LogP contribution >= 0.6 is 0 Å². The summed E-state index contributed by atoms with van der Waals surface area (Å²) in [5.74, 6) is -1.08. The minimum atomic E-state index is -0.621. The molecule has 0 radical (unpaired) electrons. The molecule has 0 saturated carbocycles. The van der Waals surface area contributed by atoms with E-state index in [1.165, 1.54) is 41.8 Å². The van der Waals surface area contributed by atoms with E-state index in [0.29, 0.717) is 11.3 Å². The van der Waals surface area contributed by atoms with Crippen LogP contribution in [0.2, 0.25) is 0 Å². The monoisotopic (exact) mass is 348 g/mol. The van der Waals surface area contributed by atoms with E-state index in [1.807, 2.05) is 30.3 Å². The summed E-state index contributed by atoms with van der Waals surface area (Å²) in [7, 11) is 0. The fourth-order valence-corrected chi connectivity index (χ4v) is 2.90. The fourth-order valence-electron chi connectivity index (χ4n) is 2.90. The number of cyclic esters (lactones) is 1. The number of para-hydroxylation sites is 1. The third-order valence-electron chi connectivity index (χ3n) is 4.05. The van der Waals surface area contributed by atoms with E-state index in [9.17, 15) is 14.0 Å². The van der Waals surface area contributed by atoms with Gasteiger partial charge in [0.25, 0.3) is 0 Å². The number of ether oxygens (including phenoxy) is 1. The van der Waals surface area contributed by atoms with E-state index in [1.54, 1.807) is 0 Å². The number of hydrogen-bond donors (Lipinski definition) is 0. The molecule has 0 unspecified atom stereocenters. The lowest BCUT2D eigenvalue weighted by Gasteiger charge is -2.02. The van der Waals surface area contributed by atoms with Crippen molar-refractivity contribution in [3.05, 3.63) is 77.4 Å². The molecule has 1 aliphatic heterocycles. The molecule has 0 aliphatic carbocycles. The van der Waals surface area contributed by atoms with Gasteiger partial charge in [-0.1, -0.05) is 18.2 Å². The van der Waals surface area contributed by atoms with Crippen LogP contribution in [0.3, 0.4) is 0 Å². The van der Waals surface area contributed by atoms with E-state index < -0.39 is 5.97 Å². The third kappa shape index (κ3) is 2.71. The molecule has 0 fully saturated rings. The minimum Gasteiger partial charge on any atom is -0.402 e. The quantitative estimate of drug-likeness (QED) is 0.523. The van der Waals surface area contributed by atoms with Crippen LogP contribution in [0, 0.1) is 5.82 Å². The predicted octanol–water partition coefficient (Wildman–Crippen LogP) is 3.79. The number of rotatable bonds is 2. The zero-order chi connectivity index (χ0) is 18.3. The molecule has 2 heterocycles. The van der Waals surface area contributed by atoms with Gasteiger partial charge in [-0.15, -0.1) is 0 Å². The molecule has 26 heavy (non-hydrogen) atoms. The highest BCUT2D eigenvalue weighted by atomic mass is 19.1. The Morgan fingerprint density at radius 2 is 1.88 bits per heavy atom. The summed E-state index contributed by atoms with van der Waals surface area (Å²) in [4.78, 5) is 28.4. The smallest absolute Gasteiger partial charge is 0.363 e. The second-order valence-electron chi connectivity index (χ2n) is 5.83. The van der Waals surface area contributed by atoms with Gasteiger partial charge in [0.2, 0.25) is 11.8 Å². The van der Waals surface area contributed by atoms with Crippen LogP contribution in [0.25, 0.3) is 17.0 Å². The largest absolute Gasteiger partial charge is 0.402 e. The van der Waals surface area contributed by atoms with Gasteiger partial charge in [-0.2, -0.15) is 0 Å². The Balaban J connectivity index is 1.80. The second-order valence-corrected chi connectivity index (χ2v) is 5.83. The van der Waals surface area contributed by atoms with Gasteiger partial charge in [0.15, 0.2) is 5.70 Å². The van der Waals surface area contributed by atoms with Crippen molar-refractivity contribution in [2.75, 3.05) is 0 Å². The molecular weight excluding hydrogens is 335 g/mol. The van der Waals surface area contributed by atoms with E-state index in [-0.39, 0.29) is 23.3 Å². The van der Waals surface area contributed by atoms with Crippen LogP contribution in [-0.2, 0) is 9.53 Å². The SMILES string of the molecule is CC(=O)n1c(C=C2N=C(c3ccc(F)cc3)OC2=O)cc2ccccc21. The highest BCUT2D eigenvalue weighted by molar-refractivity contribution is 6.13. The van der Waals surface area contributed by atoms with Gasteiger partial charge in [-0.05, 0) is 42.5 Å².